The summed E-state index contributed by atoms with van der Waals surface area (Å²) in [5.74, 6) is -0.104. The lowest BCUT2D eigenvalue weighted by Crippen LogP contribution is -2.00. The molecule has 0 aliphatic carbocycles. The van der Waals surface area contributed by atoms with Crippen molar-refractivity contribution < 1.29 is 9.90 Å². The van der Waals surface area contributed by atoms with Gasteiger partial charge in [-0.15, -0.1) is 0 Å². The van der Waals surface area contributed by atoms with Gasteiger partial charge in [-0.05, 0) is 13.3 Å². The van der Waals surface area contributed by atoms with Crippen molar-refractivity contribution in [2.24, 2.45) is 7.05 Å². The average Bonchev–Trinajstić information content (AvgIpc) is 2.33. The molecule has 1 N–H and O–H groups in total. The zero-order valence-electron chi connectivity index (χ0n) is 8.16. The van der Waals surface area contributed by atoms with Gasteiger partial charge in [0, 0.05) is 19.2 Å². The molecule has 13 heavy (non-hydrogen) atoms. The van der Waals surface area contributed by atoms with E-state index in [1.807, 2.05) is 18.5 Å². The lowest BCUT2D eigenvalue weighted by Gasteiger charge is -1.99. The van der Waals surface area contributed by atoms with Gasteiger partial charge in [-0.25, -0.2) is 9.78 Å². The number of aryl methyl sites for hydroxylation is 1. The quantitative estimate of drug-likeness (QED) is 0.768. The molecular formula is C9H14N2O2. The van der Waals surface area contributed by atoms with E-state index in [4.69, 9.17) is 5.11 Å². The van der Waals surface area contributed by atoms with Gasteiger partial charge in [-0.1, -0.05) is 6.92 Å². The molecule has 0 amide bonds. The van der Waals surface area contributed by atoms with Gasteiger partial charge in [0.25, 0.3) is 0 Å². The molecule has 1 heterocycles. The fourth-order valence-corrected chi connectivity index (χ4v) is 1.29. The van der Waals surface area contributed by atoms with Gasteiger partial charge in [-0.2, -0.15) is 0 Å². The Morgan fingerprint density at radius 1 is 1.62 bits per heavy atom. The van der Waals surface area contributed by atoms with E-state index in [-0.39, 0.29) is 5.69 Å². The van der Waals surface area contributed by atoms with Crippen molar-refractivity contribution in [2.45, 2.75) is 26.7 Å². The number of carbonyl (C=O) groups is 1. The minimum Gasteiger partial charge on any atom is -0.476 e. The molecule has 72 valence electrons. The molecule has 1 aromatic heterocycles. The van der Waals surface area contributed by atoms with Crippen LogP contribution in [0.1, 0.15) is 35.4 Å². The van der Waals surface area contributed by atoms with Crippen LogP contribution in [0.15, 0.2) is 0 Å². The van der Waals surface area contributed by atoms with Crippen LogP contribution in [0.25, 0.3) is 0 Å². The van der Waals surface area contributed by atoms with Gasteiger partial charge >= 0.3 is 5.97 Å². The number of carboxylic acids is 1. The first kappa shape index (κ1) is 9.77. The van der Waals surface area contributed by atoms with Crippen LogP contribution in [0.5, 0.6) is 0 Å². The molecule has 0 saturated carbocycles. The SMILES string of the molecule is CCCc1nc(C(=O)O)c(C)n1C. The number of aromatic carboxylic acids is 1. The summed E-state index contributed by atoms with van der Waals surface area (Å²) in [4.78, 5) is 14.8. The molecule has 0 aliphatic heterocycles. The molecule has 4 nitrogen and oxygen atoms in total. The molecular weight excluding hydrogens is 168 g/mol. The van der Waals surface area contributed by atoms with E-state index in [0.717, 1.165) is 24.4 Å². The van der Waals surface area contributed by atoms with Gasteiger partial charge < -0.3 is 9.67 Å². The molecule has 0 spiro atoms. The lowest BCUT2D eigenvalue weighted by molar-refractivity contribution is 0.0690. The highest BCUT2D eigenvalue weighted by Gasteiger charge is 2.15. The van der Waals surface area contributed by atoms with Crippen LogP contribution < -0.4 is 0 Å². The van der Waals surface area contributed by atoms with Crippen LogP contribution in [0, 0.1) is 6.92 Å². The Bertz CT molecular complexity index is 329. The minimum atomic E-state index is -0.949. The van der Waals surface area contributed by atoms with Gasteiger partial charge in [0.1, 0.15) is 5.82 Å². The highest BCUT2D eigenvalue weighted by atomic mass is 16.4. The predicted octanol–water partition coefficient (Wildman–Crippen LogP) is 1.38. The number of imidazole rings is 1. The van der Waals surface area contributed by atoms with Crippen molar-refractivity contribution in [1.29, 1.82) is 0 Å². The Labute approximate surface area is 77.2 Å². The molecule has 0 unspecified atom stereocenters. The molecule has 0 atom stereocenters. The summed E-state index contributed by atoms with van der Waals surface area (Å²) in [6.07, 6.45) is 1.80. The number of hydrogen-bond donors (Lipinski definition) is 1. The van der Waals surface area contributed by atoms with E-state index in [1.54, 1.807) is 6.92 Å². The van der Waals surface area contributed by atoms with E-state index in [0.29, 0.717) is 0 Å². The first-order valence-corrected chi connectivity index (χ1v) is 4.33. The molecule has 1 rings (SSSR count). The van der Waals surface area contributed by atoms with Crippen molar-refractivity contribution in [3.63, 3.8) is 0 Å². The maximum Gasteiger partial charge on any atom is 0.356 e. The third kappa shape index (κ3) is 1.71. The van der Waals surface area contributed by atoms with E-state index >= 15 is 0 Å². The Kier molecular flexibility index (Phi) is 2.70. The maximum atomic E-state index is 10.7. The second-order valence-corrected chi connectivity index (χ2v) is 3.08. The molecule has 0 aromatic carbocycles. The fraction of sp³-hybridized carbons (Fsp3) is 0.556. The molecule has 0 bridgehead atoms. The Balaban J connectivity index is 3.12. The summed E-state index contributed by atoms with van der Waals surface area (Å²) in [5, 5.41) is 8.80. The number of hydrogen-bond acceptors (Lipinski definition) is 2. The van der Waals surface area contributed by atoms with E-state index in [1.165, 1.54) is 0 Å². The number of aromatic nitrogens is 2. The number of nitrogens with zero attached hydrogens (tertiary/aromatic N) is 2. The van der Waals surface area contributed by atoms with Crippen molar-refractivity contribution in [1.82, 2.24) is 9.55 Å². The Morgan fingerprint density at radius 3 is 2.62 bits per heavy atom. The van der Waals surface area contributed by atoms with E-state index in [2.05, 4.69) is 4.98 Å². The second kappa shape index (κ2) is 3.60. The second-order valence-electron chi connectivity index (χ2n) is 3.08. The number of carboxylic acid groups (broad SMARTS) is 1. The van der Waals surface area contributed by atoms with Gasteiger partial charge in [0.05, 0.1) is 0 Å². The molecule has 4 heteroatoms. The summed E-state index contributed by atoms with van der Waals surface area (Å²) in [5.41, 5.74) is 0.891. The largest absolute Gasteiger partial charge is 0.476 e. The summed E-state index contributed by atoms with van der Waals surface area (Å²) in [7, 11) is 1.85. The first-order valence-electron chi connectivity index (χ1n) is 4.33. The van der Waals surface area contributed by atoms with Crippen molar-refractivity contribution >= 4 is 5.97 Å². The zero-order chi connectivity index (χ0) is 10.0. The summed E-state index contributed by atoms with van der Waals surface area (Å²) in [6, 6.07) is 0. The smallest absolute Gasteiger partial charge is 0.356 e. The van der Waals surface area contributed by atoms with E-state index < -0.39 is 5.97 Å². The highest BCUT2D eigenvalue weighted by Crippen LogP contribution is 2.10. The normalized spacial score (nSPS) is 10.4. The Hall–Kier alpha value is -1.32. The maximum absolute atomic E-state index is 10.7. The molecule has 1 aromatic rings. The highest BCUT2D eigenvalue weighted by molar-refractivity contribution is 5.86. The fourth-order valence-electron chi connectivity index (χ4n) is 1.29. The first-order chi connectivity index (χ1) is 6.07. The third-order valence-corrected chi connectivity index (χ3v) is 2.15. The van der Waals surface area contributed by atoms with Crippen LogP contribution in [-0.4, -0.2) is 20.6 Å². The monoisotopic (exact) mass is 182 g/mol. The summed E-state index contributed by atoms with van der Waals surface area (Å²) in [6.45, 7) is 3.82. The van der Waals surface area contributed by atoms with Crippen molar-refractivity contribution in [3.05, 3.63) is 17.2 Å². The minimum absolute atomic E-state index is 0.172. The average molecular weight is 182 g/mol. The van der Waals surface area contributed by atoms with Crippen molar-refractivity contribution in [2.75, 3.05) is 0 Å². The number of rotatable bonds is 3. The molecule has 0 fully saturated rings. The van der Waals surface area contributed by atoms with Gasteiger partial charge in [-0.3, -0.25) is 0 Å². The van der Waals surface area contributed by atoms with Crippen LogP contribution in [0.3, 0.4) is 0 Å². The Morgan fingerprint density at radius 2 is 2.23 bits per heavy atom. The van der Waals surface area contributed by atoms with E-state index in [9.17, 15) is 4.79 Å². The molecule has 0 aliphatic rings. The van der Waals surface area contributed by atoms with Crippen LogP contribution in [-0.2, 0) is 13.5 Å². The van der Waals surface area contributed by atoms with Gasteiger partial charge in [0.2, 0.25) is 0 Å². The zero-order valence-corrected chi connectivity index (χ0v) is 8.16. The van der Waals surface area contributed by atoms with Crippen LogP contribution in [0.2, 0.25) is 0 Å². The molecule has 0 saturated heterocycles. The molecule has 0 radical (unpaired) electrons. The summed E-state index contributed by atoms with van der Waals surface area (Å²) >= 11 is 0. The van der Waals surface area contributed by atoms with Crippen molar-refractivity contribution in [3.8, 4) is 0 Å². The van der Waals surface area contributed by atoms with Gasteiger partial charge in [0.15, 0.2) is 5.69 Å². The standard InChI is InChI=1S/C9H14N2O2/c1-4-5-7-10-8(9(12)13)6(2)11(7)3/h4-5H2,1-3H3,(H,12,13). The third-order valence-electron chi connectivity index (χ3n) is 2.15. The van der Waals surface area contributed by atoms with Crippen LogP contribution in [0.4, 0.5) is 0 Å². The lowest BCUT2D eigenvalue weighted by atomic mass is 10.3. The topological polar surface area (TPSA) is 55.1 Å². The van der Waals surface area contributed by atoms with Crippen LogP contribution >= 0.6 is 0 Å². The summed E-state index contributed by atoms with van der Waals surface area (Å²) < 4.78 is 1.84. The predicted molar refractivity (Wildman–Crippen MR) is 48.9 cm³/mol.